The van der Waals surface area contributed by atoms with Crippen molar-refractivity contribution in [2.24, 2.45) is 11.1 Å². The van der Waals surface area contributed by atoms with E-state index in [4.69, 9.17) is 15.9 Å². The van der Waals surface area contributed by atoms with E-state index in [9.17, 15) is 4.79 Å². The average molecular weight is 356 g/mol. The summed E-state index contributed by atoms with van der Waals surface area (Å²) in [5.74, 6) is 0. The van der Waals surface area contributed by atoms with Gasteiger partial charge in [-0.1, -0.05) is 26.0 Å². The molecule has 2 aliphatic rings. The molecule has 0 aromatic heterocycles. The van der Waals surface area contributed by atoms with Gasteiger partial charge in [-0.15, -0.1) is 0 Å². The Labute approximate surface area is 154 Å². The van der Waals surface area contributed by atoms with Gasteiger partial charge in [-0.3, -0.25) is 5.41 Å². The molecule has 0 atom stereocenters. The summed E-state index contributed by atoms with van der Waals surface area (Å²) in [6.07, 6.45) is 2.65. The lowest BCUT2D eigenvalue weighted by atomic mass is 9.75. The first-order valence-electron chi connectivity index (χ1n) is 9.01. The van der Waals surface area contributed by atoms with Gasteiger partial charge in [0.25, 0.3) is 0 Å². The summed E-state index contributed by atoms with van der Waals surface area (Å²) in [5, 5.41) is 14.3. The third kappa shape index (κ3) is 4.07. The summed E-state index contributed by atoms with van der Waals surface area (Å²) in [6.45, 7) is 7.40. The molecule has 3 rings (SSSR count). The van der Waals surface area contributed by atoms with Crippen molar-refractivity contribution >= 4 is 17.4 Å². The predicted octanol–water partition coefficient (Wildman–Crippen LogP) is 3.39. The van der Waals surface area contributed by atoms with E-state index in [0.29, 0.717) is 24.6 Å². The SMILES string of the molecule is CC1(C)CCC(C(=N)c2cccc(NC(=O)NC3(C)COC3)c2)=C(N)C1. The monoisotopic (exact) mass is 356 g/mol. The number of hydrogen-bond acceptors (Lipinski definition) is 4. The highest BCUT2D eigenvalue weighted by Crippen LogP contribution is 2.37. The number of hydrogen-bond donors (Lipinski definition) is 4. The first-order chi connectivity index (χ1) is 12.2. The highest BCUT2D eigenvalue weighted by molar-refractivity contribution is 6.11. The van der Waals surface area contributed by atoms with Crippen LogP contribution in [0.15, 0.2) is 35.5 Å². The molecule has 2 amide bonds. The fraction of sp³-hybridized carbons (Fsp3) is 0.500. The molecular weight excluding hydrogens is 328 g/mol. The molecule has 1 saturated heterocycles. The maximum absolute atomic E-state index is 12.2. The maximum Gasteiger partial charge on any atom is 0.319 e. The van der Waals surface area contributed by atoms with Crippen molar-refractivity contribution in [1.82, 2.24) is 5.32 Å². The Morgan fingerprint density at radius 2 is 2.00 bits per heavy atom. The van der Waals surface area contributed by atoms with E-state index < -0.39 is 0 Å². The third-order valence-corrected chi connectivity index (χ3v) is 5.08. The van der Waals surface area contributed by atoms with E-state index in [1.165, 1.54) is 0 Å². The molecular formula is C20H28N4O2. The summed E-state index contributed by atoms with van der Waals surface area (Å²) in [5.41, 5.74) is 9.73. The molecule has 0 saturated carbocycles. The minimum atomic E-state index is -0.303. The minimum absolute atomic E-state index is 0.191. The zero-order valence-electron chi connectivity index (χ0n) is 15.7. The highest BCUT2D eigenvalue weighted by atomic mass is 16.5. The van der Waals surface area contributed by atoms with Crippen LogP contribution in [0, 0.1) is 10.8 Å². The average Bonchev–Trinajstić information content (AvgIpc) is 2.52. The van der Waals surface area contributed by atoms with Gasteiger partial charge in [0.05, 0.1) is 24.5 Å². The Balaban J connectivity index is 1.71. The summed E-state index contributed by atoms with van der Waals surface area (Å²) < 4.78 is 5.14. The molecule has 5 N–H and O–H groups in total. The number of benzene rings is 1. The van der Waals surface area contributed by atoms with Crippen molar-refractivity contribution < 1.29 is 9.53 Å². The van der Waals surface area contributed by atoms with Gasteiger partial charge in [-0.05, 0) is 49.3 Å². The number of ether oxygens (including phenoxy) is 1. The predicted molar refractivity (Wildman–Crippen MR) is 103 cm³/mol. The number of amides is 2. The van der Waals surface area contributed by atoms with Crippen LogP contribution >= 0.6 is 0 Å². The van der Waals surface area contributed by atoms with Gasteiger partial charge in [0.15, 0.2) is 0 Å². The summed E-state index contributed by atoms with van der Waals surface area (Å²) in [7, 11) is 0. The van der Waals surface area contributed by atoms with E-state index in [-0.39, 0.29) is 17.0 Å². The van der Waals surface area contributed by atoms with Crippen molar-refractivity contribution in [2.75, 3.05) is 18.5 Å². The zero-order chi connectivity index (χ0) is 18.9. The molecule has 140 valence electrons. The van der Waals surface area contributed by atoms with Crippen molar-refractivity contribution in [3.8, 4) is 0 Å². The van der Waals surface area contributed by atoms with Gasteiger partial charge < -0.3 is 21.1 Å². The molecule has 0 unspecified atom stereocenters. The van der Waals surface area contributed by atoms with E-state index in [0.717, 1.165) is 36.1 Å². The number of allylic oxidation sites excluding steroid dienone is 2. The molecule has 0 radical (unpaired) electrons. The molecule has 1 aromatic carbocycles. The molecule has 0 bridgehead atoms. The minimum Gasteiger partial charge on any atom is -0.402 e. The Kier molecular flexibility index (Phi) is 4.80. The Morgan fingerprint density at radius 3 is 2.62 bits per heavy atom. The molecule has 6 nitrogen and oxygen atoms in total. The molecule has 1 aliphatic heterocycles. The van der Waals surface area contributed by atoms with Gasteiger partial charge in [-0.25, -0.2) is 4.79 Å². The summed E-state index contributed by atoms with van der Waals surface area (Å²) in [4.78, 5) is 12.2. The van der Waals surface area contributed by atoms with Crippen LogP contribution in [0.4, 0.5) is 10.5 Å². The smallest absolute Gasteiger partial charge is 0.319 e. The van der Waals surface area contributed by atoms with Gasteiger partial charge >= 0.3 is 6.03 Å². The van der Waals surface area contributed by atoms with Crippen LogP contribution < -0.4 is 16.4 Å². The largest absolute Gasteiger partial charge is 0.402 e. The molecule has 1 heterocycles. The highest BCUT2D eigenvalue weighted by Gasteiger charge is 2.34. The lowest BCUT2D eigenvalue weighted by Crippen LogP contribution is -2.60. The standard InChI is InChI=1S/C20H28N4O2/c1-19(2)8-7-15(16(21)10-19)17(22)13-5-4-6-14(9-13)23-18(25)24-20(3)11-26-12-20/h4-6,9,22H,7-8,10-12,21H2,1-3H3,(H2,23,24,25). The number of rotatable bonds is 4. The summed E-state index contributed by atoms with van der Waals surface area (Å²) in [6, 6.07) is 7.10. The molecule has 0 spiro atoms. The van der Waals surface area contributed by atoms with Crippen LogP contribution in [-0.4, -0.2) is 30.5 Å². The molecule has 26 heavy (non-hydrogen) atoms. The van der Waals surface area contributed by atoms with E-state index >= 15 is 0 Å². The van der Waals surface area contributed by atoms with Crippen molar-refractivity contribution in [2.45, 2.75) is 45.6 Å². The fourth-order valence-corrected chi connectivity index (χ4v) is 3.46. The van der Waals surface area contributed by atoms with Crippen molar-refractivity contribution in [3.05, 3.63) is 41.1 Å². The normalized spacial score (nSPS) is 20.9. The molecule has 1 aromatic rings. The van der Waals surface area contributed by atoms with Crippen LogP contribution in [0.25, 0.3) is 0 Å². The molecule has 1 aliphatic carbocycles. The van der Waals surface area contributed by atoms with Gasteiger partial charge in [0.2, 0.25) is 0 Å². The Hall–Kier alpha value is -2.34. The number of nitrogens with one attached hydrogen (secondary N) is 3. The number of urea groups is 1. The zero-order valence-corrected chi connectivity index (χ0v) is 15.7. The first kappa shape index (κ1) is 18.5. The van der Waals surface area contributed by atoms with Crippen LogP contribution in [0.5, 0.6) is 0 Å². The molecule has 6 heteroatoms. The van der Waals surface area contributed by atoms with Gasteiger partial charge in [0, 0.05) is 16.9 Å². The fourth-order valence-electron chi connectivity index (χ4n) is 3.46. The second-order valence-electron chi connectivity index (χ2n) is 8.43. The van der Waals surface area contributed by atoms with Crippen LogP contribution in [0.3, 0.4) is 0 Å². The van der Waals surface area contributed by atoms with Gasteiger partial charge in [-0.2, -0.15) is 0 Å². The molecule has 1 fully saturated rings. The second kappa shape index (κ2) is 6.76. The quantitative estimate of drug-likeness (QED) is 0.622. The Morgan fingerprint density at radius 1 is 1.27 bits per heavy atom. The summed E-state index contributed by atoms with van der Waals surface area (Å²) >= 11 is 0. The number of carbonyl (C=O) groups excluding carboxylic acids is 1. The van der Waals surface area contributed by atoms with Crippen molar-refractivity contribution in [1.29, 1.82) is 5.41 Å². The van der Waals surface area contributed by atoms with Crippen molar-refractivity contribution in [3.63, 3.8) is 0 Å². The number of nitrogens with two attached hydrogens (primary N) is 1. The van der Waals surface area contributed by atoms with E-state index in [1.54, 1.807) is 0 Å². The topological polar surface area (TPSA) is 100 Å². The second-order valence-corrected chi connectivity index (χ2v) is 8.43. The van der Waals surface area contributed by atoms with Crippen LogP contribution in [0.2, 0.25) is 0 Å². The van der Waals surface area contributed by atoms with E-state index in [1.807, 2.05) is 31.2 Å². The van der Waals surface area contributed by atoms with Crippen LogP contribution in [-0.2, 0) is 4.74 Å². The third-order valence-electron chi connectivity index (χ3n) is 5.08. The van der Waals surface area contributed by atoms with Gasteiger partial charge in [0.1, 0.15) is 0 Å². The Bertz CT molecular complexity index is 763. The lowest BCUT2D eigenvalue weighted by molar-refractivity contribution is -0.0567. The first-order valence-corrected chi connectivity index (χ1v) is 9.01. The van der Waals surface area contributed by atoms with E-state index in [2.05, 4.69) is 24.5 Å². The lowest BCUT2D eigenvalue weighted by Gasteiger charge is -2.38. The number of carbonyl (C=O) groups is 1. The van der Waals surface area contributed by atoms with Crippen LogP contribution in [0.1, 0.15) is 45.6 Å². The number of anilines is 1. The maximum atomic E-state index is 12.2.